The summed E-state index contributed by atoms with van der Waals surface area (Å²) < 4.78 is 0. The molecule has 1 fully saturated rings. The summed E-state index contributed by atoms with van der Waals surface area (Å²) in [5.41, 5.74) is 2.82. The summed E-state index contributed by atoms with van der Waals surface area (Å²) in [6.45, 7) is 1.91. The van der Waals surface area contributed by atoms with Crippen molar-refractivity contribution in [3.63, 3.8) is 0 Å². The minimum atomic E-state index is 0.418. The van der Waals surface area contributed by atoms with Gasteiger partial charge in [-0.3, -0.25) is 0 Å². The van der Waals surface area contributed by atoms with E-state index in [1.807, 2.05) is 61.1 Å². The molecule has 0 saturated carbocycles. The highest BCUT2D eigenvalue weighted by Crippen LogP contribution is 2.29. The number of rotatable bonds is 4. The third-order valence-electron chi connectivity index (χ3n) is 5.34. The molecule has 0 bridgehead atoms. The Labute approximate surface area is 168 Å². The Bertz CT molecular complexity index is 1050. The summed E-state index contributed by atoms with van der Waals surface area (Å²) in [6, 6.07) is 13.9. The summed E-state index contributed by atoms with van der Waals surface area (Å²) in [4.78, 5) is 19.5. The second kappa shape index (κ2) is 7.79. The molecule has 4 aromatic rings. The zero-order valence-electron chi connectivity index (χ0n) is 15.9. The van der Waals surface area contributed by atoms with Crippen molar-refractivity contribution in [3.8, 4) is 22.6 Å². The maximum absolute atomic E-state index is 4.82. The molecule has 1 saturated heterocycles. The van der Waals surface area contributed by atoms with Gasteiger partial charge in [0, 0.05) is 54.9 Å². The number of benzene rings is 1. The lowest BCUT2D eigenvalue weighted by molar-refractivity contribution is 0.485. The van der Waals surface area contributed by atoms with Gasteiger partial charge in [0.1, 0.15) is 5.82 Å². The Morgan fingerprint density at radius 3 is 2.41 bits per heavy atom. The molecule has 1 aliphatic heterocycles. The van der Waals surface area contributed by atoms with Crippen LogP contribution in [0.15, 0.2) is 67.3 Å². The first-order valence-electron chi connectivity index (χ1n) is 9.82. The molecule has 3 aromatic heterocycles. The highest BCUT2D eigenvalue weighted by Gasteiger charge is 2.24. The summed E-state index contributed by atoms with van der Waals surface area (Å²) in [6.07, 6.45) is 9.40. The van der Waals surface area contributed by atoms with Crippen LogP contribution in [0, 0.1) is 0 Å². The minimum Gasteiger partial charge on any atom is -0.355 e. The fourth-order valence-corrected chi connectivity index (χ4v) is 3.73. The van der Waals surface area contributed by atoms with Gasteiger partial charge in [0.15, 0.2) is 11.6 Å². The lowest BCUT2D eigenvalue weighted by atomic mass is 9.96. The fourth-order valence-electron chi connectivity index (χ4n) is 3.73. The maximum Gasteiger partial charge on any atom is 0.159 e. The second-order valence-corrected chi connectivity index (χ2v) is 7.18. The molecule has 0 spiro atoms. The van der Waals surface area contributed by atoms with Crippen molar-refractivity contribution in [2.24, 2.45) is 0 Å². The summed E-state index contributed by atoms with van der Waals surface area (Å²) in [5.74, 6) is 3.12. The molecule has 1 N–H and O–H groups in total. The van der Waals surface area contributed by atoms with E-state index in [1.54, 1.807) is 6.20 Å². The molecular weight excluding hydrogens is 362 g/mol. The lowest BCUT2D eigenvalue weighted by Gasteiger charge is -2.31. The number of nitrogens with one attached hydrogen (secondary N) is 1. The molecule has 0 atom stereocenters. The van der Waals surface area contributed by atoms with E-state index in [-0.39, 0.29) is 0 Å². The Balaban J connectivity index is 1.26. The zero-order chi connectivity index (χ0) is 19.5. The maximum atomic E-state index is 4.82. The fraction of sp³-hybridized carbons (Fsp3) is 0.227. The first-order valence-corrected chi connectivity index (χ1v) is 9.82. The summed E-state index contributed by atoms with van der Waals surface area (Å²) >= 11 is 0. The number of H-pyrrole nitrogens is 1. The van der Waals surface area contributed by atoms with E-state index in [4.69, 9.17) is 4.98 Å². The molecular formula is C22H21N7. The molecule has 1 aliphatic rings. The monoisotopic (exact) mass is 383 g/mol. The van der Waals surface area contributed by atoms with E-state index >= 15 is 0 Å². The molecule has 4 heterocycles. The van der Waals surface area contributed by atoms with Gasteiger partial charge in [0.25, 0.3) is 0 Å². The van der Waals surface area contributed by atoms with Crippen molar-refractivity contribution < 1.29 is 0 Å². The van der Waals surface area contributed by atoms with Crippen LogP contribution in [0.5, 0.6) is 0 Å². The summed E-state index contributed by atoms with van der Waals surface area (Å²) in [5, 5.41) is 8.19. The Morgan fingerprint density at radius 1 is 0.897 bits per heavy atom. The van der Waals surface area contributed by atoms with Crippen molar-refractivity contribution in [1.82, 2.24) is 30.1 Å². The molecule has 5 rings (SSSR count). The van der Waals surface area contributed by atoms with Gasteiger partial charge in [0.2, 0.25) is 0 Å². The number of hydrogen-bond donors (Lipinski definition) is 1. The van der Waals surface area contributed by atoms with E-state index in [0.717, 1.165) is 60.2 Å². The first kappa shape index (κ1) is 17.5. The van der Waals surface area contributed by atoms with Crippen molar-refractivity contribution in [2.75, 3.05) is 18.0 Å². The minimum absolute atomic E-state index is 0.418. The molecule has 144 valence electrons. The van der Waals surface area contributed by atoms with Gasteiger partial charge in [-0.1, -0.05) is 30.3 Å². The average molecular weight is 383 g/mol. The number of anilines is 1. The number of hydrogen-bond acceptors (Lipinski definition) is 6. The second-order valence-electron chi connectivity index (χ2n) is 7.18. The molecule has 1 aromatic carbocycles. The van der Waals surface area contributed by atoms with E-state index in [1.165, 1.54) is 0 Å². The predicted molar refractivity (Wildman–Crippen MR) is 111 cm³/mol. The third kappa shape index (κ3) is 3.71. The number of piperidine rings is 1. The van der Waals surface area contributed by atoms with Crippen LogP contribution in [0.3, 0.4) is 0 Å². The van der Waals surface area contributed by atoms with Crippen molar-refractivity contribution in [2.45, 2.75) is 18.8 Å². The van der Waals surface area contributed by atoms with Crippen LogP contribution in [0.4, 0.5) is 5.82 Å². The van der Waals surface area contributed by atoms with Crippen LogP contribution in [-0.4, -0.2) is 43.2 Å². The van der Waals surface area contributed by atoms with Gasteiger partial charge >= 0.3 is 0 Å². The lowest BCUT2D eigenvalue weighted by Crippen LogP contribution is -2.33. The van der Waals surface area contributed by atoms with Gasteiger partial charge in [-0.05, 0) is 25.0 Å². The number of aromatic amines is 1. The molecule has 7 nitrogen and oxygen atoms in total. The standard InChI is InChI=1S/C22H21N7/c1-2-5-16(6-3-1)21-23-13-18(14-24-21)19-15-25-22(27-19)17-8-11-29(12-9-17)20-7-4-10-26-28-20/h1-7,10,13-15,17H,8-9,11-12H2,(H,25,27). The molecule has 29 heavy (non-hydrogen) atoms. The van der Waals surface area contributed by atoms with E-state index in [2.05, 4.69) is 30.0 Å². The largest absolute Gasteiger partial charge is 0.355 e. The predicted octanol–water partition coefficient (Wildman–Crippen LogP) is 3.71. The van der Waals surface area contributed by atoms with Crippen LogP contribution in [-0.2, 0) is 0 Å². The normalized spacial score (nSPS) is 14.8. The molecule has 0 radical (unpaired) electrons. The van der Waals surface area contributed by atoms with Crippen LogP contribution >= 0.6 is 0 Å². The zero-order valence-corrected chi connectivity index (χ0v) is 15.9. The van der Waals surface area contributed by atoms with Crippen LogP contribution < -0.4 is 4.90 Å². The highest BCUT2D eigenvalue weighted by atomic mass is 15.3. The van der Waals surface area contributed by atoms with E-state index in [0.29, 0.717) is 5.92 Å². The average Bonchev–Trinajstić information content (AvgIpc) is 3.31. The van der Waals surface area contributed by atoms with Gasteiger partial charge < -0.3 is 9.88 Å². The van der Waals surface area contributed by atoms with Gasteiger partial charge in [-0.2, -0.15) is 5.10 Å². The molecule has 0 aliphatic carbocycles. The van der Waals surface area contributed by atoms with E-state index < -0.39 is 0 Å². The van der Waals surface area contributed by atoms with Crippen LogP contribution in [0.2, 0.25) is 0 Å². The topological polar surface area (TPSA) is 83.5 Å². The highest BCUT2D eigenvalue weighted by molar-refractivity contribution is 5.60. The molecule has 7 heteroatoms. The molecule has 0 amide bonds. The number of imidazole rings is 1. The smallest absolute Gasteiger partial charge is 0.159 e. The van der Waals surface area contributed by atoms with Crippen molar-refractivity contribution >= 4 is 5.82 Å². The Hall–Kier alpha value is -3.61. The Kier molecular flexibility index (Phi) is 4.70. The van der Waals surface area contributed by atoms with Crippen molar-refractivity contribution in [3.05, 3.63) is 73.1 Å². The number of aromatic nitrogens is 6. The SMILES string of the molecule is c1ccc(-c2ncc(-c3c[nH]c(C4CCN(c5cccnn5)CC4)n3)cn2)cc1. The van der Waals surface area contributed by atoms with Gasteiger partial charge in [-0.15, -0.1) is 5.10 Å². The quantitative estimate of drug-likeness (QED) is 0.578. The van der Waals surface area contributed by atoms with Gasteiger partial charge in [0.05, 0.1) is 5.69 Å². The number of nitrogens with zero attached hydrogens (tertiary/aromatic N) is 6. The van der Waals surface area contributed by atoms with Crippen molar-refractivity contribution in [1.29, 1.82) is 0 Å². The van der Waals surface area contributed by atoms with Crippen LogP contribution in [0.1, 0.15) is 24.6 Å². The first-order chi connectivity index (χ1) is 14.4. The van der Waals surface area contributed by atoms with Crippen LogP contribution in [0.25, 0.3) is 22.6 Å². The Morgan fingerprint density at radius 2 is 1.69 bits per heavy atom. The summed E-state index contributed by atoms with van der Waals surface area (Å²) in [7, 11) is 0. The molecule has 0 unspecified atom stereocenters. The van der Waals surface area contributed by atoms with E-state index in [9.17, 15) is 0 Å². The third-order valence-corrected chi connectivity index (χ3v) is 5.34. The van der Waals surface area contributed by atoms with Gasteiger partial charge in [-0.25, -0.2) is 15.0 Å².